The van der Waals surface area contributed by atoms with Crippen LogP contribution in [0, 0.1) is 17.8 Å². The molecule has 0 aromatic rings. The summed E-state index contributed by atoms with van der Waals surface area (Å²) < 4.78 is 0. The highest BCUT2D eigenvalue weighted by molar-refractivity contribution is 4.95. The fraction of sp³-hybridized carbons (Fsp3) is 1.00. The summed E-state index contributed by atoms with van der Waals surface area (Å²) in [5.41, 5.74) is 0. The van der Waals surface area contributed by atoms with Gasteiger partial charge in [0.25, 0.3) is 0 Å². The van der Waals surface area contributed by atoms with Crippen LogP contribution in [-0.2, 0) is 0 Å². The van der Waals surface area contributed by atoms with Crippen molar-refractivity contribution in [1.29, 1.82) is 0 Å². The smallest absolute Gasteiger partial charge is 0.0113 e. The fourth-order valence-electron chi connectivity index (χ4n) is 4.45. The van der Waals surface area contributed by atoms with Crippen LogP contribution in [0.15, 0.2) is 0 Å². The third kappa shape index (κ3) is 3.52. The molecule has 2 unspecified atom stereocenters. The minimum Gasteiger partial charge on any atom is -0.317 e. The second kappa shape index (κ2) is 6.58. The van der Waals surface area contributed by atoms with Crippen LogP contribution in [0.3, 0.4) is 0 Å². The van der Waals surface area contributed by atoms with Gasteiger partial charge in [0.15, 0.2) is 0 Å². The van der Waals surface area contributed by atoms with E-state index < -0.39 is 0 Å². The van der Waals surface area contributed by atoms with Crippen LogP contribution in [0.5, 0.6) is 0 Å². The molecule has 0 saturated carbocycles. The number of hydrogen-bond acceptors (Lipinski definition) is 2. The molecule has 2 heteroatoms. The van der Waals surface area contributed by atoms with Gasteiger partial charge in [-0.15, -0.1) is 0 Å². The van der Waals surface area contributed by atoms with Crippen LogP contribution < -0.4 is 5.32 Å². The van der Waals surface area contributed by atoms with Crippen LogP contribution in [0.1, 0.15) is 59.8 Å². The molecule has 19 heavy (non-hydrogen) atoms. The van der Waals surface area contributed by atoms with Gasteiger partial charge in [0.05, 0.1) is 0 Å². The molecule has 2 saturated heterocycles. The fourth-order valence-corrected chi connectivity index (χ4v) is 4.45. The van der Waals surface area contributed by atoms with E-state index in [0.29, 0.717) is 0 Å². The highest BCUT2D eigenvalue weighted by atomic mass is 15.2. The molecule has 0 spiro atoms. The minimum atomic E-state index is 0.767. The van der Waals surface area contributed by atoms with Crippen molar-refractivity contribution in [2.75, 3.05) is 13.6 Å². The van der Waals surface area contributed by atoms with Crippen LogP contribution in [-0.4, -0.2) is 36.6 Å². The lowest BCUT2D eigenvalue weighted by molar-refractivity contribution is 0.000899. The van der Waals surface area contributed by atoms with Gasteiger partial charge in [0.1, 0.15) is 0 Å². The number of nitrogens with one attached hydrogen (secondary N) is 1. The average Bonchev–Trinajstić information content (AvgIpc) is 2.34. The van der Waals surface area contributed by atoms with Gasteiger partial charge in [0, 0.05) is 24.7 Å². The Hall–Kier alpha value is -0.0800. The van der Waals surface area contributed by atoms with Gasteiger partial charge < -0.3 is 5.32 Å². The molecule has 2 rings (SSSR count). The first-order valence-electron chi connectivity index (χ1n) is 8.46. The topological polar surface area (TPSA) is 15.3 Å². The molecule has 2 nitrogen and oxygen atoms in total. The first-order chi connectivity index (χ1) is 9.02. The number of piperidine rings is 2. The Balaban J connectivity index is 2.03. The summed E-state index contributed by atoms with van der Waals surface area (Å²) in [5.74, 6) is 2.47. The van der Waals surface area contributed by atoms with E-state index in [1.165, 1.54) is 38.6 Å². The van der Waals surface area contributed by atoms with Crippen LogP contribution in [0.2, 0.25) is 0 Å². The van der Waals surface area contributed by atoms with Gasteiger partial charge in [-0.3, -0.25) is 4.90 Å². The lowest BCUT2D eigenvalue weighted by atomic mass is 9.78. The Morgan fingerprint density at radius 1 is 1.00 bits per heavy atom. The molecule has 2 atom stereocenters. The van der Waals surface area contributed by atoms with E-state index in [-0.39, 0.29) is 0 Å². The quantitative estimate of drug-likeness (QED) is 0.819. The van der Waals surface area contributed by atoms with Gasteiger partial charge in [-0.05, 0) is 50.5 Å². The Morgan fingerprint density at radius 3 is 1.95 bits per heavy atom. The summed E-state index contributed by atoms with van der Waals surface area (Å²) >= 11 is 0. The first-order valence-corrected chi connectivity index (χ1v) is 8.46. The largest absolute Gasteiger partial charge is 0.317 e. The molecule has 0 aromatic heterocycles. The Morgan fingerprint density at radius 2 is 1.53 bits per heavy atom. The molecule has 2 heterocycles. The van der Waals surface area contributed by atoms with E-state index in [9.17, 15) is 0 Å². The molecule has 2 fully saturated rings. The summed E-state index contributed by atoms with van der Waals surface area (Å²) in [7, 11) is 2.14. The standard InChI is InChI=1S/C17H34N2/c1-12(2)17(13(3)4)11-19-15-7-6-8-16(19)10-14(9-15)18-5/h12-18H,6-11H2,1-5H3. The second-order valence-corrected chi connectivity index (χ2v) is 7.54. The van der Waals surface area contributed by atoms with Gasteiger partial charge in [-0.2, -0.15) is 0 Å². The molecule has 2 bridgehead atoms. The minimum absolute atomic E-state index is 0.767. The van der Waals surface area contributed by atoms with Crippen molar-refractivity contribution in [1.82, 2.24) is 10.2 Å². The molecule has 0 amide bonds. The van der Waals surface area contributed by atoms with E-state index in [1.54, 1.807) is 0 Å². The number of fused-ring (bicyclic) bond motifs is 2. The van der Waals surface area contributed by atoms with Crippen LogP contribution >= 0.6 is 0 Å². The molecule has 0 radical (unpaired) electrons. The highest BCUT2D eigenvalue weighted by Gasteiger charge is 2.39. The Bertz CT molecular complexity index is 252. The number of rotatable bonds is 5. The summed E-state index contributed by atoms with van der Waals surface area (Å²) in [4.78, 5) is 2.89. The van der Waals surface area contributed by atoms with Crippen molar-refractivity contribution in [2.24, 2.45) is 17.8 Å². The molecule has 1 N–H and O–H groups in total. The summed E-state index contributed by atoms with van der Waals surface area (Å²) in [6.45, 7) is 10.9. The molecular formula is C17H34N2. The van der Waals surface area contributed by atoms with E-state index >= 15 is 0 Å². The van der Waals surface area contributed by atoms with Crippen molar-refractivity contribution in [3.63, 3.8) is 0 Å². The van der Waals surface area contributed by atoms with Crippen molar-refractivity contribution in [3.8, 4) is 0 Å². The molecule has 0 aromatic carbocycles. The van der Waals surface area contributed by atoms with Crippen molar-refractivity contribution >= 4 is 0 Å². The lowest BCUT2D eigenvalue weighted by Gasteiger charge is -2.50. The van der Waals surface area contributed by atoms with Crippen LogP contribution in [0.4, 0.5) is 0 Å². The maximum Gasteiger partial charge on any atom is 0.0113 e. The first kappa shape index (κ1) is 15.3. The summed E-state index contributed by atoms with van der Waals surface area (Å²) in [6, 6.07) is 2.47. The predicted molar refractivity (Wildman–Crippen MR) is 83.4 cm³/mol. The maximum atomic E-state index is 3.53. The van der Waals surface area contributed by atoms with Gasteiger partial charge in [-0.1, -0.05) is 34.1 Å². The van der Waals surface area contributed by atoms with E-state index in [4.69, 9.17) is 0 Å². The SMILES string of the molecule is CNC1CC2CCCC(C1)N2CC(C(C)C)C(C)C. The van der Waals surface area contributed by atoms with E-state index in [0.717, 1.165) is 35.9 Å². The Labute approximate surface area is 120 Å². The lowest BCUT2D eigenvalue weighted by Crippen LogP contribution is -2.57. The van der Waals surface area contributed by atoms with Gasteiger partial charge in [0.2, 0.25) is 0 Å². The van der Waals surface area contributed by atoms with Crippen molar-refractivity contribution in [3.05, 3.63) is 0 Å². The molecule has 112 valence electrons. The van der Waals surface area contributed by atoms with Gasteiger partial charge >= 0.3 is 0 Å². The molecule has 0 aliphatic carbocycles. The van der Waals surface area contributed by atoms with Gasteiger partial charge in [-0.25, -0.2) is 0 Å². The zero-order valence-electron chi connectivity index (χ0n) is 13.7. The highest BCUT2D eigenvalue weighted by Crippen LogP contribution is 2.36. The van der Waals surface area contributed by atoms with E-state index in [2.05, 4.69) is 45.0 Å². The normalized spacial score (nSPS) is 32.5. The van der Waals surface area contributed by atoms with Crippen LogP contribution in [0.25, 0.3) is 0 Å². The maximum absolute atomic E-state index is 3.53. The summed E-state index contributed by atoms with van der Waals surface area (Å²) in [5, 5.41) is 3.53. The second-order valence-electron chi connectivity index (χ2n) is 7.54. The number of hydrogen-bond donors (Lipinski definition) is 1. The Kier molecular flexibility index (Phi) is 5.30. The van der Waals surface area contributed by atoms with Crippen molar-refractivity contribution in [2.45, 2.75) is 77.9 Å². The third-order valence-corrected chi connectivity index (χ3v) is 5.67. The zero-order chi connectivity index (χ0) is 14.0. The van der Waals surface area contributed by atoms with E-state index in [1.807, 2.05) is 0 Å². The predicted octanol–water partition coefficient (Wildman–Crippen LogP) is 3.52. The molecular weight excluding hydrogens is 232 g/mol. The summed E-state index contributed by atoms with van der Waals surface area (Å²) in [6.07, 6.45) is 7.05. The monoisotopic (exact) mass is 266 g/mol. The molecule has 2 aliphatic rings. The van der Waals surface area contributed by atoms with Crippen molar-refractivity contribution < 1.29 is 0 Å². The average molecular weight is 266 g/mol. The third-order valence-electron chi connectivity index (χ3n) is 5.67. The molecule has 2 aliphatic heterocycles. The zero-order valence-corrected chi connectivity index (χ0v) is 13.7. The number of nitrogens with zero attached hydrogens (tertiary/aromatic N) is 1.